The lowest BCUT2D eigenvalue weighted by atomic mass is 9.48. The van der Waals surface area contributed by atoms with Crippen LogP contribution in [0.4, 0.5) is 0 Å². The lowest BCUT2D eigenvalue weighted by molar-refractivity contribution is -0.143. The molecule has 0 spiro atoms. The molecule has 0 aromatic heterocycles. The fourth-order valence-electron chi connectivity index (χ4n) is 8.71. The van der Waals surface area contributed by atoms with Gasteiger partial charge in [0, 0.05) is 11.8 Å². The van der Waals surface area contributed by atoms with Crippen LogP contribution < -0.4 is 0 Å². The van der Waals surface area contributed by atoms with E-state index in [2.05, 4.69) is 34.3 Å². The predicted octanol–water partition coefficient (Wildman–Crippen LogP) is 5.25. The molecule has 4 aliphatic carbocycles. The molecule has 0 aromatic carbocycles. The zero-order valence-electron chi connectivity index (χ0n) is 22.6. The van der Waals surface area contributed by atoms with Crippen molar-refractivity contribution >= 4 is 11.8 Å². The maximum Gasteiger partial charge on any atom is 0.312 e. The summed E-state index contributed by atoms with van der Waals surface area (Å²) in [6.45, 7) is 14.9. The van der Waals surface area contributed by atoms with Gasteiger partial charge in [-0.15, -0.1) is 0 Å². The van der Waals surface area contributed by atoms with Crippen molar-refractivity contribution in [1.29, 1.82) is 0 Å². The molecule has 0 heterocycles. The Hall–Kier alpha value is -1.46. The van der Waals surface area contributed by atoms with E-state index in [1.807, 2.05) is 6.92 Å². The summed E-state index contributed by atoms with van der Waals surface area (Å²) >= 11 is 0. The number of Topliss-reactive ketones (excluding diaryl/α,β-unsaturated/α-hetero) is 1. The minimum atomic E-state index is -0.469. The SMILES string of the molecule is C=C(CC[C@@H](C)[C@H]1CC[C@H]2C3=C(C[C@H](O)[C@]12C)[C@@]1(C)CC[C@@H](O)[C@@H](C)[C@@H]1CC3=O)C(C)C(=O)OC. The molecule has 4 aliphatic rings. The molecular weight excluding hydrogens is 440 g/mol. The van der Waals surface area contributed by atoms with Gasteiger partial charge in [0.05, 0.1) is 25.2 Å². The van der Waals surface area contributed by atoms with Gasteiger partial charge in [-0.3, -0.25) is 9.59 Å². The predicted molar refractivity (Wildman–Crippen MR) is 136 cm³/mol. The van der Waals surface area contributed by atoms with Crippen molar-refractivity contribution in [1.82, 2.24) is 0 Å². The van der Waals surface area contributed by atoms with Crippen molar-refractivity contribution in [2.75, 3.05) is 7.11 Å². The molecule has 2 fully saturated rings. The number of aliphatic hydroxyl groups is 2. The zero-order valence-corrected chi connectivity index (χ0v) is 22.6. The molecule has 0 radical (unpaired) electrons. The Bertz CT molecular complexity index is 920. The summed E-state index contributed by atoms with van der Waals surface area (Å²) in [5, 5.41) is 22.2. The quantitative estimate of drug-likeness (QED) is 0.396. The van der Waals surface area contributed by atoms with E-state index >= 15 is 0 Å². The maximum atomic E-state index is 13.7. The van der Waals surface area contributed by atoms with E-state index in [0.29, 0.717) is 24.7 Å². The molecule has 5 nitrogen and oxygen atoms in total. The second kappa shape index (κ2) is 9.45. The van der Waals surface area contributed by atoms with Crippen LogP contribution in [0, 0.1) is 46.3 Å². The molecule has 0 bridgehead atoms. The van der Waals surface area contributed by atoms with Crippen molar-refractivity contribution in [2.45, 2.75) is 98.2 Å². The van der Waals surface area contributed by atoms with Gasteiger partial charge < -0.3 is 14.9 Å². The molecule has 2 saturated carbocycles. The van der Waals surface area contributed by atoms with Crippen LogP contribution in [-0.2, 0) is 14.3 Å². The second-order valence-electron chi connectivity index (χ2n) is 12.8. The van der Waals surface area contributed by atoms with Crippen molar-refractivity contribution in [3.63, 3.8) is 0 Å². The third-order valence-electron chi connectivity index (χ3n) is 11.3. The number of carbonyl (C=O) groups excluding carboxylic acids is 2. The molecule has 196 valence electrons. The Morgan fingerprint density at radius 1 is 1.17 bits per heavy atom. The van der Waals surface area contributed by atoms with Crippen LogP contribution in [0.25, 0.3) is 0 Å². The molecule has 4 rings (SSSR count). The first-order chi connectivity index (χ1) is 16.4. The highest BCUT2D eigenvalue weighted by molar-refractivity contribution is 5.98. The first kappa shape index (κ1) is 26.6. The summed E-state index contributed by atoms with van der Waals surface area (Å²) in [7, 11) is 1.41. The fourth-order valence-corrected chi connectivity index (χ4v) is 8.71. The molecular formula is C30H46O5. The maximum absolute atomic E-state index is 13.7. The number of ketones is 1. The number of allylic oxidation sites excluding steroid dienone is 1. The van der Waals surface area contributed by atoms with Gasteiger partial charge >= 0.3 is 5.97 Å². The van der Waals surface area contributed by atoms with Gasteiger partial charge in [-0.2, -0.15) is 0 Å². The highest BCUT2D eigenvalue weighted by Gasteiger charge is 2.61. The van der Waals surface area contributed by atoms with Gasteiger partial charge in [-0.1, -0.05) is 45.4 Å². The average Bonchev–Trinajstić information content (AvgIpc) is 3.19. The van der Waals surface area contributed by atoms with Crippen LogP contribution in [0.5, 0.6) is 0 Å². The van der Waals surface area contributed by atoms with E-state index in [9.17, 15) is 19.8 Å². The highest BCUT2D eigenvalue weighted by atomic mass is 16.5. The van der Waals surface area contributed by atoms with Gasteiger partial charge in [-0.05, 0) is 92.4 Å². The first-order valence-corrected chi connectivity index (χ1v) is 13.8. The molecule has 1 unspecified atom stereocenters. The molecule has 35 heavy (non-hydrogen) atoms. The third kappa shape index (κ3) is 4.05. The second-order valence-corrected chi connectivity index (χ2v) is 12.8. The largest absolute Gasteiger partial charge is 0.469 e. The number of fused-ring (bicyclic) bond motifs is 4. The monoisotopic (exact) mass is 486 g/mol. The minimum absolute atomic E-state index is 0.102. The lowest BCUT2D eigenvalue weighted by Gasteiger charge is -2.57. The Balaban J connectivity index is 1.57. The number of methoxy groups -OCH3 is 1. The molecule has 2 N–H and O–H groups in total. The van der Waals surface area contributed by atoms with Crippen LogP contribution in [0.1, 0.15) is 86.0 Å². The topological polar surface area (TPSA) is 83.8 Å². The van der Waals surface area contributed by atoms with Crippen LogP contribution in [0.2, 0.25) is 0 Å². The van der Waals surface area contributed by atoms with Crippen molar-refractivity contribution in [2.24, 2.45) is 46.3 Å². The molecule has 0 amide bonds. The number of hydrogen-bond acceptors (Lipinski definition) is 5. The van der Waals surface area contributed by atoms with E-state index in [1.165, 1.54) is 12.7 Å². The molecule has 10 atom stereocenters. The Morgan fingerprint density at radius 2 is 1.86 bits per heavy atom. The van der Waals surface area contributed by atoms with Crippen molar-refractivity contribution in [3.05, 3.63) is 23.3 Å². The van der Waals surface area contributed by atoms with E-state index in [1.54, 1.807) is 0 Å². The van der Waals surface area contributed by atoms with Gasteiger partial charge in [-0.25, -0.2) is 0 Å². The zero-order chi connectivity index (χ0) is 25.9. The summed E-state index contributed by atoms with van der Waals surface area (Å²) < 4.78 is 4.88. The Kier molecular flexibility index (Phi) is 7.18. The summed E-state index contributed by atoms with van der Waals surface area (Å²) in [6, 6.07) is 0. The summed E-state index contributed by atoms with van der Waals surface area (Å²) in [6.07, 6.45) is 5.60. The van der Waals surface area contributed by atoms with E-state index in [0.717, 1.165) is 49.7 Å². The standard InChI is InChI=1S/C30H46O5/c1-16(18(3)28(34)35-7)8-9-17(2)20-10-11-21-27-23(15-26(33)30(20,21)6)29(5)13-12-24(31)19(4)22(29)14-25(27)32/h17-22,24,26,31,33H,1,8-15H2,2-7H3/t17-,18?,19+,20-,21+,22+,24-,26+,29+,30-/m1/s1. The van der Waals surface area contributed by atoms with E-state index in [4.69, 9.17) is 4.74 Å². The number of hydrogen-bond donors (Lipinski definition) is 2. The van der Waals surface area contributed by atoms with Crippen LogP contribution >= 0.6 is 0 Å². The Morgan fingerprint density at radius 3 is 2.51 bits per heavy atom. The van der Waals surface area contributed by atoms with Gasteiger partial charge in [0.15, 0.2) is 5.78 Å². The number of carbonyl (C=O) groups is 2. The Labute approximate surface area is 211 Å². The number of ether oxygens (including phenoxy) is 1. The lowest BCUT2D eigenvalue weighted by Crippen LogP contribution is -2.55. The fraction of sp³-hybridized carbons (Fsp3) is 0.800. The van der Waals surface area contributed by atoms with E-state index in [-0.39, 0.29) is 52.4 Å². The molecule has 0 aromatic rings. The van der Waals surface area contributed by atoms with Gasteiger partial charge in [0.1, 0.15) is 0 Å². The van der Waals surface area contributed by atoms with Gasteiger partial charge in [0.2, 0.25) is 0 Å². The molecule has 0 aliphatic heterocycles. The number of aliphatic hydroxyl groups excluding tert-OH is 2. The first-order valence-electron chi connectivity index (χ1n) is 13.8. The summed E-state index contributed by atoms with van der Waals surface area (Å²) in [5.74, 6) is 0.765. The third-order valence-corrected chi connectivity index (χ3v) is 11.3. The van der Waals surface area contributed by atoms with Crippen LogP contribution in [-0.4, -0.2) is 41.3 Å². The number of rotatable bonds is 6. The summed E-state index contributed by atoms with van der Waals surface area (Å²) in [4.78, 5) is 25.5. The van der Waals surface area contributed by atoms with Crippen LogP contribution in [0.15, 0.2) is 23.3 Å². The highest BCUT2D eigenvalue weighted by Crippen LogP contribution is 2.65. The van der Waals surface area contributed by atoms with Crippen LogP contribution in [0.3, 0.4) is 0 Å². The van der Waals surface area contributed by atoms with Crippen molar-refractivity contribution in [3.8, 4) is 0 Å². The molecule has 5 heteroatoms. The van der Waals surface area contributed by atoms with Crippen molar-refractivity contribution < 1.29 is 24.5 Å². The van der Waals surface area contributed by atoms with Gasteiger partial charge in [0.25, 0.3) is 0 Å². The minimum Gasteiger partial charge on any atom is -0.469 e. The smallest absolute Gasteiger partial charge is 0.312 e. The molecule has 0 saturated heterocycles. The number of esters is 1. The average molecular weight is 487 g/mol. The summed E-state index contributed by atoms with van der Waals surface area (Å²) in [5.41, 5.74) is 2.73. The normalized spacial score (nSPS) is 42.6. The van der Waals surface area contributed by atoms with E-state index < -0.39 is 6.10 Å².